The van der Waals surface area contributed by atoms with Gasteiger partial charge in [-0.2, -0.15) is 0 Å². The fraction of sp³-hybridized carbons (Fsp3) is 0.0164. The van der Waals surface area contributed by atoms with Crippen LogP contribution in [-0.4, -0.2) is 13.7 Å². The van der Waals surface area contributed by atoms with Crippen LogP contribution in [-0.2, 0) is 5.41 Å². The Morgan fingerprint density at radius 1 is 0.250 bits per heavy atom. The Morgan fingerprint density at radius 3 is 1.08 bits per heavy atom. The van der Waals surface area contributed by atoms with Crippen LogP contribution in [0.4, 0.5) is 0 Å². The first-order valence-corrected chi connectivity index (χ1v) is 22.2. The molecule has 1 aliphatic carbocycles. The molecule has 0 spiro atoms. The Balaban J connectivity index is 0.895. The SMILES string of the molecule is c1ccc(-n2c3ccccc3c3cc(-c4ccc5c(c4)c4ccccc4n5-c4ccc(-n5c6cccc7c6c6c(cccc65)C7(c5ccccc5)c5ccccc5)cc4)ccc32)cc1. The van der Waals surface area contributed by atoms with Gasteiger partial charge in [0, 0.05) is 49.4 Å². The lowest BCUT2D eigenvalue weighted by molar-refractivity contribution is 0.770. The van der Waals surface area contributed by atoms with Gasteiger partial charge in [-0.05, 0) is 118 Å². The first-order chi connectivity index (χ1) is 31.8. The molecule has 0 radical (unpaired) electrons. The van der Waals surface area contributed by atoms with Crippen molar-refractivity contribution < 1.29 is 0 Å². The Kier molecular flexibility index (Phi) is 7.32. The van der Waals surface area contributed by atoms with Gasteiger partial charge in [0.05, 0.1) is 38.5 Å². The predicted molar refractivity (Wildman–Crippen MR) is 267 cm³/mol. The van der Waals surface area contributed by atoms with Crippen LogP contribution in [0.3, 0.4) is 0 Å². The van der Waals surface area contributed by atoms with Crippen LogP contribution in [0.15, 0.2) is 237 Å². The van der Waals surface area contributed by atoms with E-state index < -0.39 is 5.41 Å². The van der Waals surface area contributed by atoms with Gasteiger partial charge in [-0.3, -0.25) is 0 Å². The summed E-state index contributed by atoms with van der Waals surface area (Å²) in [5, 5.41) is 7.68. The highest BCUT2D eigenvalue weighted by Gasteiger charge is 2.46. The third-order valence-corrected chi connectivity index (χ3v) is 14.1. The molecule has 0 amide bonds. The van der Waals surface area contributed by atoms with Crippen molar-refractivity contribution in [2.24, 2.45) is 0 Å². The number of hydrogen-bond acceptors (Lipinski definition) is 0. The zero-order chi connectivity index (χ0) is 41.9. The van der Waals surface area contributed by atoms with Crippen molar-refractivity contribution in [3.63, 3.8) is 0 Å². The summed E-state index contributed by atoms with van der Waals surface area (Å²) in [4.78, 5) is 0. The highest BCUT2D eigenvalue weighted by molar-refractivity contribution is 6.18. The van der Waals surface area contributed by atoms with Crippen molar-refractivity contribution in [2.45, 2.75) is 5.41 Å². The molecule has 13 aromatic rings. The maximum Gasteiger partial charge on any atom is 0.0715 e. The molecular formula is C61H39N3. The molecule has 0 saturated heterocycles. The minimum Gasteiger partial charge on any atom is -0.309 e. The molecule has 14 rings (SSSR count). The summed E-state index contributed by atoms with van der Waals surface area (Å²) in [5.41, 5.74) is 18.0. The molecule has 0 bridgehead atoms. The van der Waals surface area contributed by atoms with Crippen LogP contribution in [0.25, 0.3) is 93.6 Å². The van der Waals surface area contributed by atoms with Gasteiger partial charge >= 0.3 is 0 Å². The zero-order valence-electron chi connectivity index (χ0n) is 34.9. The number of fused-ring (bicyclic) bond motifs is 6. The second-order valence-electron chi connectivity index (χ2n) is 17.2. The number of rotatable bonds is 6. The lowest BCUT2D eigenvalue weighted by Gasteiger charge is -2.34. The average Bonchev–Trinajstić information content (AvgIpc) is 4.09. The molecule has 3 nitrogen and oxygen atoms in total. The molecular weight excluding hydrogens is 775 g/mol. The standard InChI is InChI=1S/C61H39N3/c1-4-16-42(17-5-1)61(43-18-6-2-7-19-43)51-24-14-28-57-59(51)60-52(61)25-15-29-58(60)64(57)46-34-32-45(33-35-46)63-54-27-13-11-23-48(54)50-39-41(31-37-56(50)63)40-30-36-55-49(38-40)47-22-10-12-26-53(47)62(55)44-20-8-3-9-21-44/h1-39H. The molecule has 64 heavy (non-hydrogen) atoms. The topological polar surface area (TPSA) is 14.8 Å². The minimum absolute atomic E-state index is 0.402. The van der Waals surface area contributed by atoms with Gasteiger partial charge in [0.15, 0.2) is 0 Å². The molecule has 3 heteroatoms. The number of nitrogens with zero attached hydrogens (tertiary/aromatic N) is 3. The van der Waals surface area contributed by atoms with Gasteiger partial charge in [-0.25, -0.2) is 0 Å². The van der Waals surface area contributed by atoms with Crippen LogP contribution in [0, 0.1) is 0 Å². The van der Waals surface area contributed by atoms with Crippen molar-refractivity contribution in [1.82, 2.24) is 13.7 Å². The summed E-state index contributed by atoms with van der Waals surface area (Å²) in [7, 11) is 0. The summed E-state index contributed by atoms with van der Waals surface area (Å²) < 4.78 is 7.27. The summed E-state index contributed by atoms with van der Waals surface area (Å²) in [6.07, 6.45) is 0. The third kappa shape index (κ3) is 4.70. The average molecular weight is 814 g/mol. The van der Waals surface area contributed by atoms with Gasteiger partial charge in [0.25, 0.3) is 0 Å². The van der Waals surface area contributed by atoms with E-state index in [-0.39, 0.29) is 0 Å². The number of para-hydroxylation sites is 3. The first-order valence-electron chi connectivity index (χ1n) is 22.2. The molecule has 0 N–H and O–H groups in total. The van der Waals surface area contributed by atoms with E-state index in [1.807, 2.05) is 0 Å². The highest BCUT2D eigenvalue weighted by Crippen LogP contribution is 2.57. The fourth-order valence-corrected chi connectivity index (χ4v) is 11.5. The second kappa shape index (κ2) is 13.3. The molecule has 3 aromatic heterocycles. The molecule has 0 fully saturated rings. The smallest absolute Gasteiger partial charge is 0.0715 e. The summed E-state index contributed by atoms with van der Waals surface area (Å²) in [5.74, 6) is 0. The van der Waals surface area contributed by atoms with Gasteiger partial charge in [0.1, 0.15) is 0 Å². The van der Waals surface area contributed by atoms with Crippen LogP contribution in [0.5, 0.6) is 0 Å². The zero-order valence-corrected chi connectivity index (χ0v) is 34.9. The molecule has 298 valence electrons. The molecule has 10 aromatic carbocycles. The van der Waals surface area contributed by atoms with Gasteiger partial charge in [-0.1, -0.05) is 152 Å². The van der Waals surface area contributed by atoms with Crippen LogP contribution in [0.1, 0.15) is 22.3 Å². The highest BCUT2D eigenvalue weighted by atomic mass is 15.0. The molecule has 1 aliphatic rings. The van der Waals surface area contributed by atoms with E-state index in [2.05, 4.69) is 250 Å². The number of benzene rings is 10. The van der Waals surface area contributed by atoms with Crippen molar-refractivity contribution in [2.75, 3.05) is 0 Å². The third-order valence-electron chi connectivity index (χ3n) is 14.1. The van der Waals surface area contributed by atoms with Gasteiger partial charge in [0.2, 0.25) is 0 Å². The predicted octanol–water partition coefficient (Wildman–Crippen LogP) is 15.3. The van der Waals surface area contributed by atoms with Crippen molar-refractivity contribution in [3.8, 4) is 28.2 Å². The molecule has 0 atom stereocenters. The van der Waals surface area contributed by atoms with Crippen molar-refractivity contribution in [3.05, 3.63) is 259 Å². The van der Waals surface area contributed by atoms with Gasteiger partial charge in [-0.15, -0.1) is 0 Å². The van der Waals surface area contributed by atoms with Crippen molar-refractivity contribution >= 4 is 65.4 Å². The van der Waals surface area contributed by atoms with Crippen molar-refractivity contribution in [1.29, 1.82) is 0 Å². The van der Waals surface area contributed by atoms with E-state index in [4.69, 9.17) is 0 Å². The van der Waals surface area contributed by atoms with E-state index in [1.54, 1.807) is 0 Å². The normalized spacial score (nSPS) is 13.1. The maximum atomic E-state index is 2.47. The van der Waals surface area contributed by atoms with E-state index in [9.17, 15) is 0 Å². The first kappa shape index (κ1) is 35.2. The summed E-state index contributed by atoms with van der Waals surface area (Å²) >= 11 is 0. The molecule has 3 heterocycles. The lowest BCUT2D eigenvalue weighted by Crippen LogP contribution is -2.29. The van der Waals surface area contributed by atoms with Crippen LogP contribution < -0.4 is 0 Å². The Bertz CT molecular complexity index is 3880. The molecule has 0 aliphatic heterocycles. The van der Waals surface area contributed by atoms with Crippen LogP contribution >= 0.6 is 0 Å². The summed E-state index contributed by atoms with van der Waals surface area (Å²) in [6, 6.07) is 87.3. The monoisotopic (exact) mass is 813 g/mol. The second-order valence-corrected chi connectivity index (χ2v) is 17.2. The van der Waals surface area contributed by atoms with E-state index in [1.165, 1.54) is 104 Å². The maximum absolute atomic E-state index is 2.47. The minimum atomic E-state index is -0.402. The van der Waals surface area contributed by atoms with E-state index in [0.717, 1.165) is 11.4 Å². The van der Waals surface area contributed by atoms with E-state index in [0.29, 0.717) is 0 Å². The van der Waals surface area contributed by atoms with Crippen LogP contribution in [0.2, 0.25) is 0 Å². The quantitative estimate of drug-likeness (QED) is 0.159. The Labute approximate surface area is 369 Å². The number of aromatic nitrogens is 3. The molecule has 0 unspecified atom stereocenters. The van der Waals surface area contributed by atoms with Gasteiger partial charge < -0.3 is 13.7 Å². The largest absolute Gasteiger partial charge is 0.309 e. The van der Waals surface area contributed by atoms with E-state index >= 15 is 0 Å². The Morgan fingerprint density at radius 2 is 0.609 bits per heavy atom. The lowest BCUT2D eigenvalue weighted by atomic mass is 9.67. The number of hydrogen-bond donors (Lipinski definition) is 0. The fourth-order valence-electron chi connectivity index (χ4n) is 11.5. The molecule has 0 saturated carbocycles. The Hall–Kier alpha value is -8.40. The summed E-state index contributed by atoms with van der Waals surface area (Å²) in [6.45, 7) is 0.